The van der Waals surface area contributed by atoms with Gasteiger partial charge in [0, 0.05) is 30.8 Å². The van der Waals surface area contributed by atoms with Crippen molar-refractivity contribution in [1.82, 2.24) is 5.32 Å². The topological polar surface area (TPSA) is 49.4 Å². The average Bonchev–Trinajstić information content (AvgIpc) is 2.98. The van der Waals surface area contributed by atoms with Gasteiger partial charge in [0.15, 0.2) is 0 Å². The van der Waals surface area contributed by atoms with Gasteiger partial charge in [-0.15, -0.1) is 0 Å². The van der Waals surface area contributed by atoms with Crippen molar-refractivity contribution in [3.05, 3.63) is 65.2 Å². The van der Waals surface area contributed by atoms with Crippen molar-refractivity contribution in [2.75, 3.05) is 11.4 Å². The molecule has 1 aliphatic heterocycles. The van der Waals surface area contributed by atoms with E-state index in [9.17, 15) is 18.4 Å². The second kappa shape index (κ2) is 7.01. The van der Waals surface area contributed by atoms with E-state index in [1.165, 1.54) is 17.0 Å². The zero-order valence-electron chi connectivity index (χ0n) is 13.8. The lowest BCUT2D eigenvalue weighted by molar-refractivity contribution is -0.126. The summed E-state index contributed by atoms with van der Waals surface area (Å²) >= 11 is 0. The fraction of sp³-hybridized carbons (Fsp3) is 0.263. The summed E-state index contributed by atoms with van der Waals surface area (Å²) in [5.74, 6) is -1.86. The number of nitrogens with one attached hydrogen (secondary N) is 1. The van der Waals surface area contributed by atoms with Crippen molar-refractivity contribution < 1.29 is 18.4 Å². The number of aryl methyl sites for hydroxylation is 1. The van der Waals surface area contributed by atoms with Gasteiger partial charge in [0.2, 0.25) is 11.8 Å². The molecule has 1 unspecified atom stereocenters. The van der Waals surface area contributed by atoms with Crippen LogP contribution in [0.3, 0.4) is 0 Å². The van der Waals surface area contributed by atoms with Gasteiger partial charge in [0.25, 0.3) is 0 Å². The molecule has 3 rings (SSSR count). The van der Waals surface area contributed by atoms with Crippen molar-refractivity contribution in [3.8, 4) is 0 Å². The summed E-state index contributed by atoms with van der Waals surface area (Å²) in [6, 6.07) is 10.8. The Bertz CT molecular complexity index is 823. The summed E-state index contributed by atoms with van der Waals surface area (Å²) in [7, 11) is 0. The number of benzene rings is 2. The molecule has 0 bridgehead atoms. The second-order valence-electron chi connectivity index (χ2n) is 6.15. The molecule has 1 N–H and O–H groups in total. The quantitative estimate of drug-likeness (QED) is 0.927. The van der Waals surface area contributed by atoms with Crippen molar-refractivity contribution >= 4 is 17.5 Å². The van der Waals surface area contributed by atoms with E-state index >= 15 is 0 Å². The Morgan fingerprint density at radius 2 is 1.96 bits per heavy atom. The zero-order chi connectivity index (χ0) is 18.0. The molecular formula is C19H18F2N2O2. The molecule has 1 saturated heterocycles. The maximum absolute atomic E-state index is 13.7. The minimum atomic E-state index is -0.538. The smallest absolute Gasteiger partial charge is 0.227 e. The van der Waals surface area contributed by atoms with Gasteiger partial charge in [-0.2, -0.15) is 0 Å². The van der Waals surface area contributed by atoms with Crippen LogP contribution in [-0.2, 0) is 16.1 Å². The molecule has 6 heteroatoms. The standard InChI is InChI=1S/C19H18F2N2O2/c1-12-6-7-15(9-17(12)21)23-11-14(8-18(23)24)19(25)22-10-13-4-2-3-5-16(13)20/h2-7,9,14H,8,10-11H2,1H3,(H,22,25). The summed E-state index contributed by atoms with van der Waals surface area (Å²) < 4.78 is 27.3. The molecule has 25 heavy (non-hydrogen) atoms. The Morgan fingerprint density at radius 1 is 1.20 bits per heavy atom. The predicted octanol–water partition coefficient (Wildman–Crippen LogP) is 2.94. The van der Waals surface area contributed by atoms with Crippen molar-refractivity contribution in [3.63, 3.8) is 0 Å². The van der Waals surface area contributed by atoms with Gasteiger partial charge >= 0.3 is 0 Å². The molecule has 0 spiro atoms. The number of anilines is 1. The first kappa shape index (κ1) is 17.1. The van der Waals surface area contributed by atoms with E-state index in [0.29, 0.717) is 16.8 Å². The third kappa shape index (κ3) is 3.68. The molecule has 0 radical (unpaired) electrons. The molecule has 0 saturated carbocycles. The van der Waals surface area contributed by atoms with E-state index in [1.54, 1.807) is 37.3 Å². The maximum Gasteiger partial charge on any atom is 0.227 e. The summed E-state index contributed by atoms with van der Waals surface area (Å²) in [6.07, 6.45) is 0.0542. The largest absolute Gasteiger partial charge is 0.352 e. The highest BCUT2D eigenvalue weighted by atomic mass is 19.1. The second-order valence-corrected chi connectivity index (χ2v) is 6.15. The molecule has 1 aliphatic rings. The Balaban J connectivity index is 1.64. The molecule has 1 fully saturated rings. The highest BCUT2D eigenvalue weighted by Gasteiger charge is 2.35. The van der Waals surface area contributed by atoms with E-state index in [1.807, 2.05) is 0 Å². The molecule has 1 heterocycles. The fourth-order valence-electron chi connectivity index (χ4n) is 2.85. The van der Waals surface area contributed by atoms with Crippen molar-refractivity contribution in [2.45, 2.75) is 19.9 Å². The summed E-state index contributed by atoms with van der Waals surface area (Å²) in [6.45, 7) is 1.89. The van der Waals surface area contributed by atoms with Gasteiger partial charge in [0.1, 0.15) is 11.6 Å². The van der Waals surface area contributed by atoms with Crippen LogP contribution >= 0.6 is 0 Å². The first-order valence-corrected chi connectivity index (χ1v) is 8.03. The van der Waals surface area contributed by atoms with Gasteiger partial charge in [-0.3, -0.25) is 9.59 Å². The van der Waals surface area contributed by atoms with E-state index in [2.05, 4.69) is 5.32 Å². The van der Waals surface area contributed by atoms with Gasteiger partial charge in [-0.05, 0) is 30.7 Å². The Labute approximate surface area is 144 Å². The van der Waals surface area contributed by atoms with Crippen LogP contribution in [0.15, 0.2) is 42.5 Å². The number of rotatable bonds is 4. The molecule has 2 aromatic carbocycles. The molecule has 130 valence electrons. The van der Waals surface area contributed by atoms with Crippen LogP contribution in [0.5, 0.6) is 0 Å². The third-order valence-electron chi connectivity index (χ3n) is 4.37. The number of halogens is 2. The van der Waals surface area contributed by atoms with Gasteiger partial charge in [-0.25, -0.2) is 8.78 Å². The fourth-order valence-corrected chi connectivity index (χ4v) is 2.85. The lowest BCUT2D eigenvalue weighted by Crippen LogP contribution is -2.32. The van der Waals surface area contributed by atoms with Crippen LogP contribution in [0.25, 0.3) is 0 Å². The monoisotopic (exact) mass is 344 g/mol. The van der Waals surface area contributed by atoms with E-state index < -0.39 is 11.7 Å². The molecular weight excluding hydrogens is 326 g/mol. The number of carbonyl (C=O) groups is 2. The third-order valence-corrected chi connectivity index (χ3v) is 4.37. The average molecular weight is 344 g/mol. The van der Waals surface area contributed by atoms with Crippen molar-refractivity contribution in [2.24, 2.45) is 5.92 Å². The number of carbonyl (C=O) groups excluding carboxylic acids is 2. The van der Waals surface area contributed by atoms with Crippen LogP contribution in [0, 0.1) is 24.5 Å². The maximum atomic E-state index is 13.7. The highest BCUT2D eigenvalue weighted by molar-refractivity contribution is 6.00. The Hall–Kier alpha value is -2.76. The van der Waals surface area contributed by atoms with Gasteiger partial charge in [-0.1, -0.05) is 24.3 Å². The first-order valence-electron chi connectivity index (χ1n) is 8.03. The van der Waals surface area contributed by atoms with Crippen LogP contribution in [0.4, 0.5) is 14.5 Å². The zero-order valence-corrected chi connectivity index (χ0v) is 13.8. The minimum absolute atomic E-state index is 0.0542. The van der Waals surface area contributed by atoms with Crippen molar-refractivity contribution in [1.29, 1.82) is 0 Å². The van der Waals surface area contributed by atoms with Crippen LogP contribution in [-0.4, -0.2) is 18.4 Å². The molecule has 2 aromatic rings. The lowest BCUT2D eigenvalue weighted by atomic mass is 10.1. The lowest BCUT2D eigenvalue weighted by Gasteiger charge is -2.17. The molecule has 1 atom stereocenters. The van der Waals surface area contributed by atoms with E-state index in [4.69, 9.17) is 0 Å². The number of hydrogen-bond acceptors (Lipinski definition) is 2. The summed E-state index contributed by atoms with van der Waals surface area (Å²) in [5.41, 5.74) is 1.32. The Morgan fingerprint density at radius 3 is 2.68 bits per heavy atom. The molecule has 0 aliphatic carbocycles. The number of hydrogen-bond donors (Lipinski definition) is 1. The molecule has 0 aromatic heterocycles. The Kier molecular flexibility index (Phi) is 4.79. The minimum Gasteiger partial charge on any atom is -0.352 e. The summed E-state index contributed by atoms with van der Waals surface area (Å²) in [5, 5.41) is 2.66. The van der Waals surface area contributed by atoms with E-state index in [-0.39, 0.29) is 37.1 Å². The number of nitrogens with zero attached hydrogens (tertiary/aromatic N) is 1. The highest BCUT2D eigenvalue weighted by Crippen LogP contribution is 2.26. The predicted molar refractivity (Wildman–Crippen MR) is 89.8 cm³/mol. The SMILES string of the molecule is Cc1ccc(N2CC(C(=O)NCc3ccccc3F)CC2=O)cc1F. The molecule has 2 amide bonds. The summed E-state index contributed by atoms with van der Waals surface area (Å²) in [4.78, 5) is 25.9. The normalized spacial score (nSPS) is 17.0. The van der Waals surface area contributed by atoms with E-state index in [0.717, 1.165) is 0 Å². The van der Waals surface area contributed by atoms with Gasteiger partial charge in [0.05, 0.1) is 5.92 Å². The first-order chi connectivity index (χ1) is 12.0. The number of amides is 2. The van der Waals surface area contributed by atoms with Gasteiger partial charge < -0.3 is 10.2 Å². The van der Waals surface area contributed by atoms with Crippen LogP contribution in [0.2, 0.25) is 0 Å². The van der Waals surface area contributed by atoms with Crippen LogP contribution in [0.1, 0.15) is 17.5 Å². The molecule has 4 nitrogen and oxygen atoms in total. The van der Waals surface area contributed by atoms with Crippen LogP contribution < -0.4 is 10.2 Å².